The minimum atomic E-state index is -3.93. The van der Waals surface area contributed by atoms with Gasteiger partial charge in [0.25, 0.3) is 0 Å². The topological polar surface area (TPSA) is 84.5 Å². The quantitative estimate of drug-likeness (QED) is 0.509. The summed E-state index contributed by atoms with van der Waals surface area (Å²) in [6.45, 7) is 6.22. The van der Waals surface area contributed by atoms with Crippen molar-refractivity contribution in [3.8, 4) is 5.75 Å². The predicted molar refractivity (Wildman–Crippen MR) is 126 cm³/mol. The van der Waals surface area contributed by atoms with E-state index in [1.54, 1.807) is 18.2 Å². The van der Waals surface area contributed by atoms with Gasteiger partial charge in [-0.1, -0.05) is 42.5 Å². The summed E-state index contributed by atoms with van der Waals surface area (Å²) in [6, 6.07) is 20.1. The number of anilines is 1. The maximum atomic E-state index is 13.2. The van der Waals surface area contributed by atoms with Gasteiger partial charge in [-0.3, -0.25) is 4.79 Å². The van der Waals surface area contributed by atoms with Gasteiger partial charge in [0.05, 0.1) is 11.5 Å². The second kappa shape index (κ2) is 10.4. The summed E-state index contributed by atoms with van der Waals surface area (Å²) in [6.07, 6.45) is 0.216. The van der Waals surface area contributed by atoms with Crippen molar-refractivity contribution >= 4 is 21.6 Å². The normalized spacial score (nSPS) is 12.2. The first kappa shape index (κ1) is 23.5. The molecule has 0 radical (unpaired) electrons. The fourth-order valence-corrected chi connectivity index (χ4v) is 4.48. The highest BCUT2D eigenvalue weighted by atomic mass is 32.2. The van der Waals surface area contributed by atoms with Gasteiger partial charge >= 0.3 is 0 Å². The van der Waals surface area contributed by atoms with Crippen LogP contribution in [0.2, 0.25) is 0 Å². The van der Waals surface area contributed by atoms with Crippen molar-refractivity contribution in [2.45, 2.75) is 38.1 Å². The van der Waals surface area contributed by atoms with Gasteiger partial charge < -0.3 is 10.1 Å². The first-order chi connectivity index (χ1) is 15.3. The van der Waals surface area contributed by atoms with E-state index < -0.39 is 22.0 Å². The smallest absolute Gasteiger partial charge is 0.242 e. The van der Waals surface area contributed by atoms with Crippen molar-refractivity contribution in [2.75, 3.05) is 11.9 Å². The minimum absolute atomic E-state index is 0.0681. The molecule has 32 heavy (non-hydrogen) atoms. The largest absolute Gasteiger partial charge is 0.494 e. The molecule has 0 fully saturated rings. The molecule has 1 amide bonds. The molecule has 0 bridgehead atoms. The van der Waals surface area contributed by atoms with Crippen molar-refractivity contribution in [1.29, 1.82) is 0 Å². The van der Waals surface area contributed by atoms with E-state index in [-0.39, 0.29) is 11.3 Å². The third-order valence-electron chi connectivity index (χ3n) is 5.20. The Bertz CT molecular complexity index is 1160. The molecule has 3 aromatic rings. The first-order valence-electron chi connectivity index (χ1n) is 10.5. The molecule has 0 aliphatic carbocycles. The van der Waals surface area contributed by atoms with E-state index in [0.29, 0.717) is 18.0 Å². The van der Waals surface area contributed by atoms with Crippen LogP contribution in [0, 0.1) is 13.8 Å². The number of hydrogen-bond donors (Lipinski definition) is 2. The first-order valence-corrected chi connectivity index (χ1v) is 11.9. The summed E-state index contributed by atoms with van der Waals surface area (Å²) in [5.41, 5.74) is 3.49. The molecule has 1 atom stereocenters. The summed E-state index contributed by atoms with van der Waals surface area (Å²) in [5.74, 6) is 0.164. The Hall–Kier alpha value is -3.16. The van der Waals surface area contributed by atoms with Gasteiger partial charge in [-0.15, -0.1) is 0 Å². The highest BCUT2D eigenvalue weighted by Gasteiger charge is 2.26. The highest BCUT2D eigenvalue weighted by Crippen LogP contribution is 2.20. The lowest BCUT2D eigenvalue weighted by atomic mass is 10.0. The number of rotatable bonds is 9. The Kier molecular flexibility index (Phi) is 7.66. The van der Waals surface area contributed by atoms with Crippen LogP contribution in [0.4, 0.5) is 5.69 Å². The Morgan fingerprint density at radius 3 is 2.28 bits per heavy atom. The van der Waals surface area contributed by atoms with Crippen LogP contribution in [0.1, 0.15) is 23.6 Å². The van der Waals surface area contributed by atoms with Crippen LogP contribution in [-0.4, -0.2) is 27.0 Å². The molecule has 6 nitrogen and oxygen atoms in total. The zero-order chi connectivity index (χ0) is 23.1. The molecule has 0 aromatic heterocycles. The Balaban J connectivity index is 1.86. The van der Waals surface area contributed by atoms with Crippen molar-refractivity contribution in [1.82, 2.24) is 4.72 Å². The maximum Gasteiger partial charge on any atom is 0.242 e. The molecular formula is C25H28N2O4S. The summed E-state index contributed by atoms with van der Waals surface area (Å²) >= 11 is 0. The number of sulfonamides is 1. The molecule has 1 unspecified atom stereocenters. The minimum Gasteiger partial charge on any atom is -0.494 e. The summed E-state index contributed by atoms with van der Waals surface area (Å²) in [4.78, 5) is 13.2. The van der Waals surface area contributed by atoms with E-state index in [9.17, 15) is 13.2 Å². The van der Waals surface area contributed by atoms with Gasteiger partial charge in [0.15, 0.2) is 0 Å². The summed E-state index contributed by atoms with van der Waals surface area (Å²) in [5, 5.41) is 2.89. The molecule has 168 valence electrons. The van der Waals surface area contributed by atoms with Crippen molar-refractivity contribution < 1.29 is 17.9 Å². The van der Waals surface area contributed by atoms with Gasteiger partial charge in [0.1, 0.15) is 11.8 Å². The second-order valence-electron chi connectivity index (χ2n) is 7.50. The van der Waals surface area contributed by atoms with Gasteiger partial charge in [0, 0.05) is 5.69 Å². The zero-order valence-corrected chi connectivity index (χ0v) is 19.3. The van der Waals surface area contributed by atoms with Gasteiger partial charge in [-0.25, -0.2) is 8.42 Å². The highest BCUT2D eigenvalue weighted by molar-refractivity contribution is 7.89. The fraction of sp³-hybridized carbons (Fsp3) is 0.240. The number of ether oxygens (including phenoxy) is 1. The number of benzene rings is 3. The summed E-state index contributed by atoms with van der Waals surface area (Å²) < 4.78 is 34.1. The van der Waals surface area contributed by atoms with Crippen LogP contribution in [0.25, 0.3) is 0 Å². The molecular weight excluding hydrogens is 424 g/mol. The third-order valence-corrected chi connectivity index (χ3v) is 6.69. The van der Waals surface area contributed by atoms with Crippen LogP contribution in [0.5, 0.6) is 5.75 Å². The lowest BCUT2D eigenvalue weighted by Crippen LogP contribution is -2.45. The molecule has 2 N–H and O–H groups in total. The van der Waals surface area contributed by atoms with E-state index in [4.69, 9.17) is 4.74 Å². The molecule has 0 aliphatic heterocycles. The van der Waals surface area contributed by atoms with E-state index in [1.807, 2.05) is 63.2 Å². The van der Waals surface area contributed by atoms with Crippen molar-refractivity contribution in [3.05, 3.63) is 89.5 Å². The van der Waals surface area contributed by atoms with Crippen LogP contribution in [0.15, 0.2) is 77.7 Å². The van der Waals surface area contributed by atoms with Gasteiger partial charge in [0.2, 0.25) is 15.9 Å². The number of nitrogens with one attached hydrogen (secondary N) is 2. The summed E-state index contributed by atoms with van der Waals surface area (Å²) in [7, 11) is -3.93. The van der Waals surface area contributed by atoms with Crippen LogP contribution in [-0.2, 0) is 21.2 Å². The number of carbonyl (C=O) groups is 1. The average molecular weight is 453 g/mol. The molecule has 0 heterocycles. The molecule has 3 aromatic carbocycles. The van der Waals surface area contributed by atoms with Gasteiger partial charge in [-0.2, -0.15) is 4.72 Å². The number of carbonyl (C=O) groups excluding carboxylic acids is 1. The SMILES string of the molecule is CCOc1ccc(S(=O)(=O)NC(Cc2ccccc2)C(=O)Nc2cccc(C)c2C)cc1. The van der Waals surface area contributed by atoms with E-state index in [1.165, 1.54) is 12.1 Å². The molecule has 7 heteroatoms. The average Bonchev–Trinajstić information content (AvgIpc) is 2.77. The van der Waals surface area contributed by atoms with Crippen LogP contribution in [0.3, 0.4) is 0 Å². The van der Waals surface area contributed by atoms with Crippen LogP contribution >= 0.6 is 0 Å². The van der Waals surface area contributed by atoms with E-state index in [0.717, 1.165) is 16.7 Å². The maximum absolute atomic E-state index is 13.2. The predicted octanol–water partition coefficient (Wildman–Crippen LogP) is 4.23. The number of hydrogen-bond acceptors (Lipinski definition) is 4. The molecule has 3 rings (SSSR count). The molecule has 0 saturated carbocycles. The second-order valence-corrected chi connectivity index (χ2v) is 9.22. The number of amides is 1. The van der Waals surface area contributed by atoms with E-state index in [2.05, 4.69) is 10.0 Å². The van der Waals surface area contributed by atoms with Gasteiger partial charge in [-0.05, 0) is 74.2 Å². The van der Waals surface area contributed by atoms with Crippen molar-refractivity contribution in [2.24, 2.45) is 0 Å². The van der Waals surface area contributed by atoms with Crippen LogP contribution < -0.4 is 14.8 Å². The lowest BCUT2D eigenvalue weighted by Gasteiger charge is -2.20. The molecule has 0 spiro atoms. The lowest BCUT2D eigenvalue weighted by molar-refractivity contribution is -0.117. The fourth-order valence-electron chi connectivity index (χ4n) is 3.28. The number of aryl methyl sites for hydroxylation is 1. The molecule has 0 saturated heterocycles. The standard InChI is InChI=1S/C25H28N2O4S/c1-4-31-21-13-15-22(16-14-21)32(29,30)27-24(17-20-10-6-5-7-11-20)25(28)26-23-12-8-9-18(2)19(23)3/h5-16,24,27H,4,17H2,1-3H3,(H,26,28). The third kappa shape index (κ3) is 5.96. The monoisotopic (exact) mass is 452 g/mol. The van der Waals surface area contributed by atoms with E-state index >= 15 is 0 Å². The molecule has 0 aliphatic rings. The van der Waals surface area contributed by atoms with Crippen molar-refractivity contribution in [3.63, 3.8) is 0 Å². The Morgan fingerprint density at radius 2 is 1.62 bits per heavy atom. The Morgan fingerprint density at radius 1 is 0.938 bits per heavy atom. The Labute approximate surface area is 189 Å². The zero-order valence-electron chi connectivity index (χ0n) is 18.5.